The predicted octanol–water partition coefficient (Wildman–Crippen LogP) is 2.92. The molecule has 0 spiro atoms. The van der Waals surface area contributed by atoms with Crippen LogP contribution in [0.1, 0.15) is 17.2 Å². The van der Waals surface area contributed by atoms with Gasteiger partial charge in [-0.3, -0.25) is 9.69 Å². The summed E-state index contributed by atoms with van der Waals surface area (Å²) in [5.41, 5.74) is 1.99. The zero-order valence-electron chi connectivity index (χ0n) is 18.3. The SMILES string of the molecule is COc1ccc(C=CC(=O)NCC(c2ccc(OC)c(OC)c2)N2CCOCC2)cc1. The fourth-order valence-corrected chi connectivity index (χ4v) is 3.55. The van der Waals surface area contributed by atoms with Crippen LogP contribution in [0.2, 0.25) is 0 Å². The van der Waals surface area contributed by atoms with Gasteiger partial charge in [-0.1, -0.05) is 18.2 Å². The van der Waals surface area contributed by atoms with Crippen LogP contribution in [0.5, 0.6) is 17.2 Å². The summed E-state index contributed by atoms with van der Waals surface area (Å²) < 4.78 is 21.5. The van der Waals surface area contributed by atoms with Gasteiger partial charge in [-0.2, -0.15) is 0 Å². The zero-order chi connectivity index (χ0) is 22.1. The van der Waals surface area contributed by atoms with Crippen LogP contribution in [0.4, 0.5) is 0 Å². The standard InChI is InChI=1S/C24H30N2O5/c1-28-20-8-4-18(5-9-20)6-11-24(27)25-17-21(26-12-14-31-15-13-26)19-7-10-22(29-2)23(16-19)30-3/h4-11,16,21H,12-15,17H2,1-3H3,(H,25,27). The minimum absolute atomic E-state index is 0.00189. The van der Waals surface area contributed by atoms with Crippen molar-refractivity contribution in [3.63, 3.8) is 0 Å². The number of nitrogens with zero attached hydrogens (tertiary/aromatic N) is 1. The number of benzene rings is 2. The second-order valence-corrected chi connectivity index (χ2v) is 7.13. The smallest absolute Gasteiger partial charge is 0.244 e. The first kappa shape index (κ1) is 22.7. The van der Waals surface area contributed by atoms with Crippen LogP contribution in [-0.2, 0) is 9.53 Å². The van der Waals surface area contributed by atoms with Crippen LogP contribution in [0.15, 0.2) is 48.5 Å². The Balaban J connectivity index is 1.69. The minimum Gasteiger partial charge on any atom is -0.497 e. The lowest BCUT2D eigenvalue weighted by Crippen LogP contribution is -2.43. The van der Waals surface area contributed by atoms with Gasteiger partial charge in [0, 0.05) is 25.7 Å². The molecule has 1 heterocycles. The third-order valence-electron chi connectivity index (χ3n) is 5.29. The molecule has 1 N–H and O–H groups in total. The summed E-state index contributed by atoms with van der Waals surface area (Å²) in [7, 11) is 4.87. The maximum absolute atomic E-state index is 12.5. The Labute approximate surface area is 183 Å². The molecule has 1 saturated heterocycles. The first-order chi connectivity index (χ1) is 15.1. The van der Waals surface area contributed by atoms with E-state index in [0.29, 0.717) is 31.3 Å². The van der Waals surface area contributed by atoms with Gasteiger partial charge in [0.1, 0.15) is 5.75 Å². The first-order valence-electron chi connectivity index (χ1n) is 10.3. The molecule has 1 aliphatic heterocycles. The van der Waals surface area contributed by atoms with Crippen molar-refractivity contribution in [3.05, 3.63) is 59.7 Å². The minimum atomic E-state index is -0.144. The summed E-state index contributed by atoms with van der Waals surface area (Å²) in [6, 6.07) is 13.4. The van der Waals surface area contributed by atoms with Gasteiger partial charge in [0.25, 0.3) is 0 Å². The van der Waals surface area contributed by atoms with Crippen LogP contribution < -0.4 is 19.5 Å². The Bertz CT molecular complexity index is 876. The van der Waals surface area contributed by atoms with Crippen molar-refractivity contribution in [2.45, 2.75) is 6.04 Å². The van der Waals surface area contributed by atoms with Crippen LogP contribution in [-0.4, -0.2) is 65.0 Å². The molecule has 3 rings (SSSR count). The van der Waals surface area contributed by atoms with Gasteiger partial charge in [-0.25, -0.2) is 0 Å². The number of methoxy groups -OCH3 is 3. The van der Waals surface area contributed by atoms with Crippen molar-refractivity contribution in [2.24, 2.45) is 0 Å². The average Bonchev–Trinajstić information content (AvgIpc) is 2.83. The van der Waals surface area contributed by atoms with Crippen molar-refractivity contribution in [3.8, 4) is 17.2 Å². The highest BCUT2D eigenvalue weighted by atomic mass is 16.5. The van der Waals surface area contributed by atoms with E-state index in [1.807, 2.05) is 42.5 Å². The van der Waals surface area contributed by atoms with E-state index in [0.717, 1.165) is 30.0 Å². The van der Waals surface area contributed by atoms with Gasteiger partial charge in [0.05, 0.1) is 40.6 Å². The number of amides is 1. The molecule has 1 atom stereocenters. The van der Waals surface area contributed by atoms with Gasteiger partial charge in [-0.05, 0) is 41.5 Å². The van der Waals surface area contributed by atoms with Gasteiger partial charge < -0.3 is 24.3 Å². The van der Waals surface area contributed by atoms with E-state index >= 15 is 0 Å². The molecule has 2 aromatic carbocycles. The van der Waals surface area contributed by atoms with Gasteiger partial charge in [0.2, 0.25) is 5.91 Å². The summed E-state index contributed by atoms with van der Waals surface area (Å²) in [6.45, 7) is 3.43. The molecule has 1 aliphatic rings. The number of carbonyl (C=O) groups excluding carboxylic acids is 1. The van der Waals surface area contributed by atoms with Crippen molar-refractivity contribution >= 4 is 12.0 Å². The molecule has 0 bridgehead atoms. The van der Waals surface area contributed by atoms with Crippen LogP contribution in [0.25, 0.3) is 6.08 Å². The van der Waals surface area contributed by atoms with E-state index < -0.39 is 0 Å². The zero-order valence-corrected chi connectivity index (χ0v) is 18.3. The molecule has 0 aromatic heterocycles. The topological polar surface area (TPSA) is 69.3 Å². The fourth-order valence-electron chi connectivity index (χ4n) is 3.55. The Hall–Kier alpha value is -3.03. The van der Waals surface area contributed by atoms with Gasteiger partial charge in [-0.15, -0.1) is 0 Å². The number of morpholine rings is 1. The number of rotatable bonds is 9. The molecule has 7 heteroatoms. The predicted molar refractivity (Wildman–Crippen MR) is 120 cm³/mol. The second-order valence-electron chi connectivity index (χ2n) is 7.13. The van der Waals surface area contributed by atoms with E-state index in [4.69, 9.17) is 18.9 Å². The molecule has 166 valence electrons. The molecule has 1 amide bonds. The summed E-state index contributed by atoms with van der Waals surface area (Å²) in [6.07, 6.45) is 3.34. The summed E-state index contributed by atoms with van der Waals surface area (Å²) in [4.78, 5) is 14.8. The molecule has 0 saturated carbocycles. The molecular formula is C24H30N2O5. The fraction of sp³-hybridized carbons (Fsp3) is 0.375. The van der Waals surface area contributed by atoms with E-state index in [1.165, 1.54) is 0 Å². The second kappa shape index (κ2) is 11.4. The van der Waals surface area contributed by atoms with E-state index in [1.54, 1.807) is 33.5 Å². The number of ether oxygens (including phenoxy) is 4. The lowest BCUT2D eigenvalue weighted by atomic mass is 10.0. The van der Waals surface area contributed by atoms with Gasteiger partial charge >= 0.3 is 0 Å². The quantitative estimate of drug-likeness (QED) is 0.622. The van der Waals surface area contributed by atoms with Crippen molar-refractivity contribution in [1.82, 2.24) is 10.2 Å². The van der Waals surface area contributed by atoms with Crippen LogP contribution >= 0.6 is 0 Å². The van der Waals surface area contributed by atoms with Crippen LogP contribution in [0, 0.1) is 0 Å². The van der Waals surface area contributed by atoms with Crippen molar-refractivity contribution in [2.75, 3.05) is 54.2 Å². The monoisotopic (exact) mass is 426 g/mol. The molecule has 0 aliphatic carbocycles. The van der Waals surface area contributed by atoms with Gasteiger partial charge in [0.15, 0.2) is 11.5 Å². The van der Waals surface area contributed by atoms with E-state index in [9.17, 15) is 4.79 Å². The molecule has 1 unspecified atom stereocenters. The molecule has 7 nitrogen and oxygen atoms in total. The largest absolute Gasteiger partial charge is 0.497 e. The first-order valence-corrected chi connectivity index (χ1v) is 10.3. The third-order valence-corrected chi connectivity index (χ3v) is 5.29. The third kappa shape index (κ3) is 6.23. The highest BCUT2D eigenvalue weighted by molar-refractivity contribution is 5.91. The average molecular weight is 427 g/mol. The Kier molecular flexibility index (Phi) is 8.32. The van der Waals surface area contributed by atoms with E-state index in [-0.39, 0.29) is 11.9 Å². The Morgan fingerprint density at radius 1 is 1.03 bits per heavy atom. The highest BCUT2D eigenvalue weighted by Gasteiger charge is 2.24. The highest BCUT2D eigenvalue weighted by Crippen LogP contribution is 2.32. The Morgan fingerprint density at radius 3 is 2.39 bits per heavy atom. The number of nitrogens with one attached hydrogen (secondary N) is 1. The lowest BCUT2D eigenvalue weighted by Gasteiger charge is -2.35. The maximum atomic E-state index is 12.5. The molecular weight excluding hydrogens is 396 g/mol. The molecule has 1 fully saturated rings. The number of carbonyl (C=O) groups is 1. The maximum Gasteiger partial charge on any atom is 0.244 e. The van der Waals surface area contributed by atoms with Crippen molar-refractivity contribution in [1.29, 1.82) is 0 Å². The summed E-state index contributed by atoms with van der Waals surface area (Å²) in [5, 5.41) is 3.03. The summed E-state index contributed by atoms with van der Waals surface area (Å²) >= 11 is 0. The molecule has 0 radical (unpaired) electrons. The Morgan fingerprint density at radius 2 is 1.74 bits per heavy atom. The van der Waals surface area contributed by atoms with Crippen LogP contribution in [0.3, 0.4) is 0 Å². The number of hydrogen-bond acceptors (Lipinski definition) is 6. The van der Waals surface area contributed by atoms with E-state index in [2.05, 4.69) is 10.2 Å². The normalized spacial score (nSPS) is 15.5. The summed E-state index contributed by atoms with van der Waals surface area (Å²) in [5.74, 6) is 1.99. The molecule has 31 heavy (non-hydrogen) atoms. The number of hydrogen-bond donors (Lipinski definition) is 1. The molecule has 2 aromatic rings. The van der Waals surface area contributed by atoms with Crippen molar-refractivity contribution < 1.29 is 23.7 Å². The lowest BCUT2D eigenvalue weighted by molar-refractivity contribution is -0.116.